The molecule has 0 heterocycles. The molecule has 0 aromatic heterocycles. The average molecular weight is 215 g/mol. The van der Waals surface area contributed by atoms with E-state index in [9.17, 15) is 9.59 Å². The molecular formula is C6H8Cl2O4. The molecule has 0 amide bonds. The first-order valence-electron chi connectivity index (χ1n) is 3.19. The minimum Gasteiger partial charge on any atom is -0.481 e. The third kappa shape index (κ3) is 4.41. The molecule has 0 aromatic rings. The predicted octanol–water partition coefficient (Wildman–Crippen LogP) is 1.50. The summed E-state index contributed by atoms with van der Waals surface area (Å²) in [6, 6.07) is 0. The fourth-order valence-electron chi connectivity index (χ4n) is 0.569. The largest absolute Gasteiger partial charge is 0.481 e. The number of carbonyl (C=O) groups is 2. The van der Waals surface area contributed by atoms with E-state index < -0.39 is 16.3 Å². The van der Waals surface area contributed by atoms with Crippen molar-refractivity contribution in [1.82, 2.24) is 0 Å². The highest BCUT2D eigenvalue weighted by atomic mass is 35.5. The standard InChI is InChI=1S/C6H8Cl2O4/c7-6(8,5(11)12)3-1-2-4(9)10/h1-3H2,(H,9,10)(H,11,12). The summed E-state index contributed by atoms with van der Waals surface area (Å²) in [5.41, 5.74) is 0. The number of halogens is 2. The molecule has 4 nitrogen and oxygen atoms in total. The Hall–Kier alpha value is -0.480. The lowest BCUT2D eigenvalue weighted by molar-refractivity contribution is -0.139. The Morgan fingerprint density at radius 2 is 1.75 bits per heavy atom. The maximum atomic E-state index is 10.3. The van der Waals surface area contributed by atoms with E-state index in [2.05, 4.69) is 0 Å². The van der Waals surface area contributed by atoms with Crippen LogP contribution in [0, 0.1) is 0 Å². The molecule has 12 heavy (non-hydrogen) atoms. The van der Waals surface area contributed by atoms with Crippen molar-refractivity contribution in [1.29, 1.82) is 0 Å². The van der Waals surface area contributed by atoms with Crippen LogP contribution in [0.25, 0.3) is 0 Å². The lowest BCUT2D eigenvalue weighted by Crippen LogP contribution is -2.25. The highest BCUT2D eigenvalue weighted by Crippen LogP contribution is 2.27. The summed E-state index contributed by atoms with van der Waals surface area (Å²) in [5.74, 6) is -2.35. The van der Waals surface area contributed by atoms with Crippen molar-refractivity contribution in [3.63, 3.8) is 0 Å². The molecular weight excluding hydrogens is 207 g/mol. The van der Waals surface area contributed by atoms with E-state index in [4.69, 9.17) is 33.4 Å². The third-order valence-electron chi connectivity index (χ3n) is 1.19. The number of carboxylic acids is 2. The topological polar surface area (TPSA) is 74.6 Å². The molecule has 0 aliphatic rings. The Labute approximate surface area is 79.1 Å². The van der Waals surface area contributed by atoms with Crippen LogP contribution in [0.4, 0.5) is 0 Å². The molecule has 0 fully saturated rings. The average Bonchev–Trinajstić information content (AvgIpc) is 1.85. The molecule has 0 spiro atoms. The Bertz CT molecular complexity index is 190. The Morgan fingerprint density at radius 1 is 1.25 bits per heavy atom. The van der Waals surface area contributed by atoms with Crippen LogP contribution in [0.15, 0.2) is 0 Å². The second kappa shape index (κ2) is 4.52. The molecule has 70 valence electrons. The molecule has 0 saturated heterocycles. The molecule has 0 aromatic carbocycles. The summed E-state index contributed by atoms with van der Waals surface area (Å²) in [6.45, 7) is 0. The van der Waals surface area contributed by atoms with Gasteiger partial charge in [-0.15, -0.1) is 0 Å². The summed E-state index contributed by atoms with van der Waals surface area (Å²) >= 11 is 10.7. The minimum atomic E-state index is -1.87. The van der Waals surface area contributed by atoms with Gasteiger partial charge >= 0.3 is 11.9 Å². The number of hydrogen-bond acceptors (Lipinski definition) is 2. The first kappa shape index (κ1) is 11.5. The van der Waals surface area contributed by atoms with Gasteiger partial charge in [-0.1, -0.05) is 23.2 Å². The van der Waals surface area contributed by atoms with Crippen LogP contribution in [0.1, 0.15) is 19.3 Å². The highest BCUT2D eigenvalue weighted by molar-refractivity contribution is 6.57. The van der Waals surface area contributed by atoms with Crippen LogP contribution in [0.3, 0.4) is 0 Å². The number of aliphatic carboxylic acids is 2. The molecule has 0 unspecified atom stereocenters. The Kier molecular flexibility index (Phi) is 4.34. The van der Waals surface area contributed by atoms with E-state index in [1.54, 1.807) is 0 Å². The van der Waals surface area contributed by atoms with Gasteiger partial charge in [-0.2, -0.15) is 0 Å². The van der Waals surface area contributed by atoms with Crippen molar-refractivity contribution >= 4 is 35.1 Å². The van der Waals surface area contributed by atoms with Crippen molar-refractivity contribution in [3.05, 3.63) is 0 Å². The summed E-state index contributed by atoms with van der Waals surface area (Å²) in [4.78, 5) is 20.3. The predicted molar refractivity (Wildman–Crippen MR) is 43.6 cm³/mol. The smallest absolute Gasteiger partial charge is 0.340 e. The van der Waals surface area contributed by atoms with Crippen LogP contribution in [0.5, 0.6) is 0 Å². The molecule has 0 aliphatic heterocycles. The van der Waals surface area contributed by atoms with Crippen molar-refractivity contribution in [2.45, 2.75) is 23.6 Å². The second-order valence-electron chi connectivity index (χ2n) is 2.26. The van der Waals surface area contributed by atoms with E-state index >= 15 is 0 Å². The summed E-state index contributed by atoms with van der Waals surface area (Å²) in [5, 5.41) is 16.6. The van der Waals surface area contributed by atoms with E-state index in [0.717, 1.165) is 0 Å². The number of hydrogen-bond donors (Lipinski definition) is 2. The minimum absolute atomic E-state index is 0.0717. The lowest BCUT2D eigenvalue weighted by atomic mass is 10.2. The fourth-order valence-corrected chi connectivity index (χ4v) is 0.836. The zero-order valence-corrected chi connectivity index (χ0v) is 7.60. The van der Waals surface area contributed by atoms with E-state index in [1.807, 2.05) is 0 Å². The number of rotatable bonds is 5. The lowest BCUT2D eigenvalue weighted by Gasteiger charge is -2.12. The van der Waals surface area contributed by atoms with Gasteiger partial charge in [0.25, 0.3) is 0 Å². The third-order valence-corrected chi connectivity index (χ3v) is 1.90. The first-order valence-corrected chi connectivity index (χ1v) is 3.95. The second-order valence-corrected chi connectivity index (χ2v) is 3.74. The van der Waals surface area contributed by atoms with Gasteiger partial charge in [-0.3, -0.25) is 4.79 Å². The molecule has 0 radical (unpaired) electrons. The normalized spacial score (nSPS) is 11.2. The van der Waals surface area contributed by atoms with E-state index in [-0.39, 0.29) is 19.3 Å². The maximum Gasteiger partial charge on any atom is 0.340 e. The molecule has 0 rings (SSSR count). The van der Waals surface area contributed by atoms with Gasteiger partial charge in [-0.05, 0) is 12.8 Å². The highest BCUT2D eigenvalue weighted by Gasteiger charge is 2.32. The zero-order chi connectivity index (χ0) is 9.78. The summed E-state index contributed by atoms with van der Waals surface area (Å²) in [6.07, 6.45) is -0.0547. The van der Waals surface area contributed by atoms with Gasteiger partial charge in [0.1, 0.15) is 0 Å². The van der Waals surface area contributed by atoms with E-state index in [0.29, 0.717) is 0 Å². The Balaban J connectivity index is 3.76. The van der Waals surface area contributed by atoms with Gasteiger partial charge in [0.15, 0.2) is 0 Å². The van der Waals surface area contributed by atoms with Crippen LogP contribution >= 0.6 is 23.2 Å². The first-order chi connectivity index (χ1) is 5.36. The summed E-state index contributed by atoms with van der Waals surface area (Å²) < 4.78 is -1.87. The van der Waals surface area contributed by atoms with Crippen LogP contribution in [0.2, 0.25) is 0 Å². The maximum absolute atomic E-state index is 10.3. The number of alkyl halides is 2. The van der Waals surface area contributed by atoms with Gasteiger partial charge in [0, 0.05) is 6.42 Å². The van der Waals surface area contributed by atoms with Gasteiger partial charge in [-0.25, -0.2) is 4.79 Å². The van der Waals surface area contributed by atoms with Crippen molar-refractivity contribution in [2.75, 3.05) is 0 Å². The van der Waals surface area contributed by atoms with Crippen molar-refractivity contribution < 1.29 is 19.8 Å². The Morgan fingerprint density at radius 3 is 2.08 bits per heavy atom. The fraction of sp³-hybridized carbons (Fsp3) is 0.667. The molecule has 2 N–H and O–H groups in total. The quantitative estimate of drug-likeness (QED) is 0.681. The molecule has 0 atom stereocenters. The van der Waals surface area contributed by atoms with Crippen molar-refractivity contribution in [3.8, 4) is 0 Å². The SMILES string of the molecule is O=C(O)CCCC(Cl)(Cl)C(=O)O. The van der Waals surface area contributed by atoms with Gasteiger partial charge < -0.3 is 10.2 Å². The van der Waals surface area contributed by atoms with Gasteiger partial charge in [0.2, 0.25) is 4.33 Å². The monoisotopic (exact) mass is 214 g/mol. The van der Waals surface area contributed by atoms with Crippen LogP contribution in [-0.4, -0.2) is 26.5 Å². The molecule has 0 saturated carbocycles. The van der Waals surface area contributed by atoms with Crippen LogP contribution in [-0.2, 0) is 9.59 Å². The van der Waals surface area contributed by atoms with Crippen molar-refractivity contribution in [2.24, 2.45) is 0 Å². The molecule has 0 aliphatic carbocycles. The zero-order valence-electron chi connectivity index (χ0n) is 6.09. The van der Waals surface area contributed by atoms with Gasteiger partial charge in [0.05, 0.1) is 0 Å². The molecule has 0 bridgehead atoms. The van der Waals surface area contributed by atoms with E-state index in [1.165, 1.54) is 0 Å². The number of carboxylic acid groups (broad SMARTS) is 2. The molecule has 6 heteroatoms. The summed E-state index contributed by atoms with van der Waals surface area (Å²) in [7, 11) is 0. The van der Waals surface area contributed by atoms with Crippen LogP contribution < -0.4 is 0 Å².